The van der Waals surface area contributed by atoms with Crippen LogP contribution in [0.2, 0.25) is 0 Å². The number of carbonyl (C=O) groups is 1. The lowest BCUT2D eigenvalue weighted by Gasteiger charge is -2.03. The van der Waals surface area contributed by atoms with Crippen molar-refractivity contribution in [1.29, 1.82) is 0 Å². The quantitative estimate of drug-likeness (QED) is 0.500. The van der Waals surface area contributed by atoms with Crippen LogP contribution in [0, 0.1) is 6.92 Å². The molecule has 0 bridgehead atoms. The van der Waals surface area contributed by atoms with Crippen molar-refractivity contribution in [2.75, 3.05) is 0 Å². The summed E-state index contributed by atoms with van der Waals surface area (Å²) in [4.78, 5) is 19.8. The lowest BCUT2D eigenvalue weighted by Crippen LogP contribution is -2.24. The second kappa shape index (κ2) is 6.31. The smallest absolute Gasteiger partial charge is 0.268 e. The van der Waals surface area contributed by atoms with Crippen molar-refractivity contribution in [3.05, 3.63) is 66.0 Å². The van der Waals surface area contributed by atoms with Gasteiger partial charge in [-0.25, -0.2) is 0 Å². The molecule has 28 heavy (non-hydrogen) atoms. The van der Waals surface area contributed by atoms with E-state index in [1.165, 1.54) is 0 Å². The van der Waals surface area contributed by atoms with Crippen LogP contribution in [0.4, 0.5) is 0 Å². The number of rotatable bonds is 4. The molecule has 1 amide bonds. The van der Waals surface area contributed by atoms with Gasteiger partial charge in [0, 0.05) is 22.7 Å². The van der Waals surface area contributed by atoms with Gasteiger partial charge in [-0.2, -0.15) is 4.98 Å². The number of fused-ring (bicyclic) bond motifs is 2. The highest BCUT2D eigenvalue weighted by molar-refractivity contribution is 5.97. The Morgan fingerprint density at radius 2 is 2.11 bits per heavy atom. The normalized spacial score (nSPS) is 11.3. The zero-order valence-corrected chi connectivity index (χ0v) is 14.9. The van der Waals surface area contributed by atoms with Gasteiger partial charge < -0.3 is 14.8 Å². The van der Waals surface area contributed by atoms with Crippen LogP contribution < -0.4 is 5.32 Å². The molecule has 4 heterocycles. The number of pyridine rings is 1. The summed E-state index contributed by atoms with van der Waals surface area (Å²) < 4.78 is 6.98. The van der Waals surface area contributed by atoms with Gasteiger partial charge in [-0.15, -0.1) is 10.2 Å². The third kappa shape index (κ3) is 2.78. The number of carbonyl (C=O) groups excluding carboxylic acids is 1. The van der Waals surface area contributed by atoms with E-state index in [0.29, 0.717) is 28.9 Å². The molecular weight excluding hydrogens is 358 g/mol. The maximum atomic E-state index is 12.5. The van der Waals surface area contributed by atoms with E-state index in [-0.39, 0.29) is 12.5 Å². The number of benzene rings is 1. The lowest BCUT2D eigenvalue weighted by molar-refractivity contribution is 0.0945. The summed E-state index contributed by atoms with van der Waals surface area (Å²) in [5.41, 5.74) is 2.81. The molecule has 9 nitrogen and oxygen atoms in total. The van der Waals surface area contributed by atoms with E-state index < -0.39 is 0 Å². The monoisotopic (exact) mass is 373 g/mol. The molecule has 0 aliphatic heterocycles. The van der Waals surface area contributed by atoms with Crippen molar-refractivity contribution < 1.29 is 9.32 Å². The zero-order chi connectivity index (χ0) is 19.1. The van der Waals surface area contributed by atoms with E-state index >= 15 is 0 Å². The average Bonchev–Trinajstić information content (AvgIpc) is 3.43. The highest BCUT2D eigenvalue weighted by atomic mass is 16.5. The maximum absolute atomic E-state index is 12.5. The molecule has 0 saturated carbocycles. The minimum Gasteiger partial charge on any atom is -0.351 e. The predicted molar refractivity (Wildman–Crippen MR) is 100 cm³/mol. The molecule has 0 spiro atoms. The predicted octanol–water partition coefficient (Wildman–Crippen LogP) is 2.50. The van der Waals surface area contributed by atoms with Crippen LogP contribution in [0.15, 0.2) is 53.2 Å². The summed E-state index contributed by atoms with van der Waals surface area (Å²) in [6.07, 6.45) is 1.81. The van der Waals surface area contributed by atoms with Crippen molar-refractivity contribution in [1.82, 2.24) is 35.0 Å². The molecule has 9 heteroatoms. The number of aromatic nitrogens is 6. The molecule has 0 saturated heterocycles. The molecule has 0 radical (unpaired) electrons. The van der Waals surface area contributed by atoms with E-state index in [4.69, 9.17) is 4.52 Å². The number of hydrogen-bond acceptors (Lipinski definition) is 6. The van der Waals surface area contributed by atoms with Gasteiger partial charge in [-0.1, -0.05) is 23.4 Å². The fourth-order valence-corrected chi connectivity index (χ4v) is 3.06. The number of para-hydroxylation sites is 1. The standard InChI is InChI=1S/C19H15N7O2/c1-11-21-19(28-25-11)13-6-7-26-16(9-13)23-24-17(26)10-20-18(27)15-8-12-4-2-3-5-14(12)22-15/h2-9,22H,10H2,1H3,(H,20,27). The molecule has 0 fully saturated rings. The van der Waals surface area contributed by atoms with E-state index in [1.54, 1.807) is 11.3 Å². The number of nitrogens with zero attached hydrogens (tertiary/aromatic N) is 5. The molecule has 0 unspecified atom stereocenters. The zero-order valence-electron chi connectivity index (χ0n) is 14.9. The third-order valence-corrected chi connectivity index (χ3v) is 4.44. The first-order valence-electron chi connectivity index (χ1n) is 8.68. The Labute approximate surface area is 158 Å². The van der Waals surface area contributed by atoms with Gasteiger partial charge in [0.15, 0.2) is 17.3 Å². The molecule has 1 aromatic carbocycles. The van der Waals surface area contributed by atoms with Gasteiger partial charge in [0.2, 0.25) is 0 Å². The Bertz CT molecular complexity index is 1280. The summed E-state index contributed by atoms with van der Waals surface area (Å²) in [6.45, 7) is 2.00. The van der Waals surface area contributed by atoms with Crippen LogP contribution in [0.1, 0.15) is 22.1 Å². The molecule has 138 valence electrons. The SMILES string of the molecule is Cc1noc(-c2ccn3c(CNC(=O)c4cc5ccccc5[nH]4)nnc3c2)n1. The Morgan fingerprint density at radius 3 is 2.93 bits per heavy atom. The second-order valence-corrected chi connectivity index (χ2v) is 6.36. The van der Waals surface area contributed by atoms with Gasteiger partial charge >= 0.3 is 0 Å². The van der Waals surface area contributed by atoms with Crippen molar-refractivity contribution in [2.24, 2.45) is 0 Å². The Balaban J connectivity index is 1.35. The van der Waals surface area contributed by atoms with E-state index in [2.05, 4.69) is 30.6 Å². The van der Waals surface area contributed by atoms with Gasteiger partial charge in [-0.05, 0) is 31.2 Å². The summed E-state index contributed by atoms with van der Waals surface area (Å²) in [5, 5.41) is 16.0. The molecule has 0 aliphatic rings. The van der Waals surface area contributed by atoms with Crippen LogP contribution in [0.25, 0.3) is 28.0 Å². The van der Waals surface area contributed by atoms with E-state index in [0.717, 1.165) is 16.5 Å². The Hall–Kier alpha value is -4.01. The number of nitrogens with one attached hydrogen (secondary N) is 2. The summed E-state index contributed by atoms with van der Waals surface area (Å²) in [5.74, 6) is 1.41. The topological polar surface area (TPSA) is 114 Å². The fourth-order valence-electron chi connectivity index (χ4n) is 3.06. The van der Waals surface area contributed by atoms with Crippen molar-refractivity contribution in [2.45, 2.75) is 13.5 Å². The van der Waals surface area contributed by atoms with Crippen molar-refractivity contribution >= 4 is 22.5 Å². The Kier molecular flexibility index (Phi) is 3.64. The minimum absolute atomic E-state index is 0.203. The largest absolute Gasteiger partial charge is 0.351 e. The molecule has 0 aliphatic carbocycles. The van der Waals surface area contributed by atoms with Crippen LogP contribution in [-0.4, -0.2) is 35.6 Å². The van der Waals surface area contributed by atoms with E-state index in [1.807, 2.05) is 48.7 Å². The second-order valence-electron chi connectivity index (χ2n) is 6.36. The summed E-state index contributed by atoms with van der Waals surface area (Å²) in [7, 11) is 0. The molecule has 4 aromatic heterocycles. The van der Waals surface area contributed by atoms with Gasteiger partial charge in [0.1, 0.15) is 5.69 Å². The lowest BCUT2D eigenvalue weighted by atomic mass is 10.2. The van der Waals surface area contributed by atoms with Gasteiger partial charge in [0.05, 0.1) is 6.54 Å². The fraction of sp³-hybridized carbons (Fsp3) is 0.105. The number of hydrogen-bond donors (Lipinski definition) is 2. The van der Waals surface area contributed by atoms with Crippen LogP contribution in [0.3, 0.4) is 0 Å². The van der Waals surface area contributed by atoms with Crippen LogP contribution in [-0.2, 0) is 6.54 Å². The number of aromatic amines is 1. The number of amides is 1. The average molecular weight is 373 g/mol. The number of aryl methyl sites for hydroxylation is 1. The first-order chi connectivity index (χ1) is 13.7. The first-order valence-corrected chi connectivity index (χ1v) is 8.68. The first kappa shape index (κ1) is 16.2. The van der Waals surface area contributed by atoms with Gasteiger partial charge in [-0.3, -0.25) is 9.20 Å². The van der Waals surface area contributed by atoms with Crippen molar-refractivity contribution in [3.8, 4) is 11.5 Å². The number of H-pyrrole nitrogens is 1. The molecule has 5 rings (SSSR count). The van der Waals surface area contributed by atoms with Crippen LogP contribution in [0.5, 0.6) is 0 Å². The van der Waals surface area contributed by atoms with Crippen molar-refractivity contribution in [3.63, 3.8) is 0 Å². The minimum atomic E-state index is -0.203. The molecule has 2 N–H and O–H groups in total. The summed E-state index contributed by atoms with van der Waals surface area (Å²) in [6, 6.07) is 13.2. The maximum Gasteiger partial charge on any atom is 0.268 e. The highest BCUT2D eigenvalue weighted by Crippen LogP contribution is 2.19. The van der Waals surface area contributed by atoms with Gasteiger partial charge in [0.25, 0.3) is 11.8 Å². The Morgan fingerprint density at radius 1 is 1.21 bits per heavy atom. The summed E-state index contributed by atoms with van der Waals surface area (Å²) >= 11 is 0. The molecule has 0 atom stereocenters. The van der Waals surface area contributed by atoms with E-state index in [9.17, 15) is 4.79 Å². The third-order valence-electron chi connectivity index (χ3n) is 4.44. The molecule has 5 aromatic rings. The van der Waals surface area contributed by atoms with Crippen LogP contribution >= 0.6 is 0 Å². The highest BCUT2D eigenvalue weighted by Gasteiger charge is 2.13. The molecular formula is C19H15N7O2.